The van der Waals surface area contributed by atoms with Gasteiger partial charge < -0.3 is 14.6 Å². The average Bonchev–Trinajstić information content (AvgIpc) is 3.43. The maximum Gasteiger partial charge on any atom is 0.150 e. The van der Waals surface area contributed by atoms with E-state index in [-0.39, 0.29) is 0 Å². The summed E-state index contributed by atoms with van der Waals surface area (Å²) in [4.78, 5) is 2.57. The Morgan fingerprint density at radius 3 is 2.68 bits per heavy atom. The number of likely N-dealkylation sites (tertiary alicyclic amines) is 1. The van der Waals surface area contributed by atoms with Gasteiger partial charge in [-0.05, 0) is 62.8 Å². The number of nitrogens with zero attached hydrogens (tertiary/aromatic N) is 4. The summed E-state index contributed by atoms with van der Waals surface area (Å²) >= 11 is 0. The third kappa shape index (κ3) is 3.80. The Hall–Kier alpha value is -1.92. The quantitative estimate of drug-likeness (QED) is 0.863. The van der Waals surface area contributed by atoms with Gasteiger partial charge in [0.05, 0.1) is 12.1 Å². The Labute approximate surface area is 167 Å². The molecule has 3 heterocycles. The molecule has 0 radical (unpaired) electrons. The minimum atomic E-state index is 0.383. The molecule has 2 aliphatic heterocycles. The standard InChI is InChI=1S/C22H31N5O/c1-2-5-18(4-1)28-19-9-7-17(8-10-19)16-26-14-3-6-20(26)22-25-24-21-11-12-23-13-15-27(21)22/h7-10,18,20,23H,1-6,11-16H2. The van der Waals surface area contributed by atoms with E-state index in [1.54, 1.807) is 0 Å². The van der Waals surface area contributed by atoms with E-state index in [0.717, 1.165) is 56.5 Å². The van der Waals surface area contributed by atoms with Crippen LogP contribution in [0, 0.1) is 0 Å². The van der Waals surface area contributed by atoms with Gasteiger partial charge in [-0.2, -0.15) is 0 Å². The molecule has 5 rings (SSSR count). The molecule has 1 aliphatic carbocycles. The Balaban J connectivity index is 1.26. The first-order valence-corrected chi connectivity index (χ1v) is 11.0. The highest BCUT2D eigenvalue weighted by atomic mass is 16.5. The van der Waals surface area contributed by atoms with Crippen molar-refractivity contribution in [3.8, 4) is 5.75 Å². The van der Waals surface area contributed by atoms with Gasteiger partial charge in [-0.25, -0.2) is 0 Å². The highest BCUT2D eigenvalue weighted by Gasteiger charge is 2.31. The molecular formula is C22H31N5O. The fourth-order valence-electron chi connectivity index (χ4n) is 4.95. The average molecular weight is 382 g/mol. The van der Waals surface area contributed by atoms with Gasteiger partial charge in [0.25, 0.3) is 0 Å². The molecule has 0 bridgehead atoms. The minimum absolute atomic E-state index is 0.383. The van der Waals surface area contributed by atoms with Gasteiger partial charge in [0.2, 0.25) is 0 Å². The molecule has 3 aliphatic rings. The Morgan fingerprint density at radius 2 is 1.82 bits per heavy atom. The first-order valence-electron chi connectivity index (χ1n) is 11.0. The topological polar surface area (TPSA) is 55.2 Å². The summed E-state index contributed by atoms with van der Waals surface area (Å²) in [6.45, 7) is 5.09. The summed E-state index contributed by atoms with van der Waals surface area (Å²) in [6, 6.07) is 9.14. The van der Waals surface area contributed by atoms with Crippen LogP contribution in [0.25, 0.3) is 0 Å². The molecule has 6 heteroatoms. The number of rotatable bonds is 5. The highest BCUT2D eigenvalue weighted by molar-refractivity contribution is 5.27. The van der Waals surface area contributed by atoms with Crippen molar-refractivity contribution in [3.05, 3.63) is 41.5 Å². The van der Waals surface area contributed by atoms with Gasteiger partial charge in [0.15, 0.2) is 0 Å². The maximum absolute atomic E-state index is 6.11. The van der Waals surface area contributed by atoms with E-state index in [0.29, 0.717) is 12.1 Å². The van der Waals surface area contributed by atoms with Gasteiger partial charge in [0.1, 0.15) is 17.4 Å². The minimum Gasteiger partial charge on any atom is -0.490 e. The fourth-order valence-corrected chi connectivity index (χ4v) is 4.95. The van der Waals surface area contributed by atoms with Crippen LogP contribution < -0.4 is 10.1 Å². The van der Waals surface area contributed by atoms with Gasteiger partial charge in [0, 0.05) is 32.6 Å². The molecule has 28 heavy (non-hydrogen) atoms. The molecule has 1 saturated heterocycles. The molecule has 0 amide bonds. The Bertz CT molecular complexity index is 781. The van der Waals surface area contributed by atoms with Crippen LogP contribution in [0.3, 0.4) is 0 Å². The van der Waals surface area contributed by atoms with Crippen molar-refractivity contribution in [1.82, 2.24) is 25.0 Å². The number of hydrogen-bond donors (Lipinski definition) is 1. The number of benzene rings is 1. The van der Waals surface area contributed by atoms with E-state index in [9.17, 15) is 0 Å². The number of fused-ring (bicyclic) bond motifs is 1. The summed E-state index contributed by atoms with van der Waals surface area (Å²) in [5.41, 5.74) is 1.35. The lowest BCUT2D eigenvalue weighted by molar-refractivity contribution is 0.209. The van der Waals surface area contributed by atoms with Gasteiger partial charge >= 0.3 is 0 Å². The molecule has 1 aromatic heterocycles. The van der Waals surface area contributed by atoms with E-state index >= 15 is 0 Å². The van der Waals surface area contributed by atoms with Gasteiger partial charge in [-0.15, -0.1) is 10.2 Å². The molecule has 1 saturated carbocycles. The van der Waals surface area contributed by atoms with Crippen LogP contribution in [0.1, 0.15) is 61.8 Å². The summed E-state index contributed by atoms with van der Waals surface area (Å²) in [6.07, 6.45) is 8.82. The Morgan fingerprint density at radius 1 is 0.964 bits per heavy atom. The second-order valence-corrected chi connectivity index (χ2v) is 8.42. The lowest BCUT2D eigenvalue weighted by Gasteiger charge is -2.24. The van der Waals surface area contributed by atoms with Crippen LogP contribution in [0.4, 0.5) is 0 Å². The molecule has 0 spiro atoms. The molecular weight excluding hydrogens is 350 g/mol. The summed E-state index contributed by atoms with van der Waals surface area (Å²) < 4.78 is 8.48. The first kappa shape index (κ1) is 18.1. The predicted octanol–water partition coefficient (Wildman–Crippen LogP) is 3.08. The molecule has 1 aromatic carbocycles. The zero-order valence-corrected chi connectivity index (χ0v) is 16.6. The van der Waals surface area contributed by atoms with Crippen molar-refractivity contribution >= 4 is 0 Å². The van der Waals surface area contributed by atoms with Crippen molar-refractivity contribution in [2.45, 2.75) is 70.2 Å². The zero-order valence-electron chi connectivity index (χ0n) is 16.6. The first-order chi connectivity index (χ1) is 13.9. The van der Waals surface area contributed by atoms with Crippen LogP contribution in [0.15, 0.2) is 24.3 Å². The lowest BCUT2D eigenvalue weighted by atomic mass is 10.1. The summed E-state index contributed by atoms with van der Waals surface area (Å²) in [5, 5.41) is 12.6. The van der Waals surface area contributed by atoms with E-state index in [2.05, 4.69) is 49.2 Å². The van der Waals surface area contributed by atoms with E-state index in [1.165, 1.54) is 44.1 Å². The van der Waals surface area contributed by atoms with Crippen molar-refractivity contribution in [2.24, 2.45) is 0 Å². The maximum atomic E-state index is 6.11. The van der Waals surface area contributed by atoms with Gasteiger partial charge in [-0.3, -0.25) is 4.90 Å². The smallest absolute Gasteiger partial charge is 0.150 e. The van der Waals surface area contributed by atoms with Crippen molar-refractivity contribution in [2.75, 3.05) is 19.6 Å². The van der Waals surface area contributed by atoms with Crippen LogP contribution in [0.2, 0.25) is 0 Å². The zero-order chi connectivity index (χ0) is 18.8. The third-order valence-electron chi connectivity index (χ3n) is 6.47. The number of nitrogens with one attached hydrogen (secondary N) is 1. The van der Waals surface area contributed by atoms with Crippen LogP contribution in [-0.2, 0) is 19.5 Å². The predicted molar refractivity (Wildman–Crippen MR) is 108 cm³/mol. The molecule has 6 nitrogen and oxygen atoms in total. The summed E-state index contributed by atoms with van der Waals surface area (Å²) in [5.74, 6) is 3.32. The fraction of sp³-hybridized carbons (Fsp3) is 0.636. The second kappa shape index (κ2) is 8.21. The van der Waals surface area contributed by atoms with E-state index in [1.807, 2.05) is 0 Å². The largest absolute Gasteiger partial charge is 0.490 e. The number of hydrogen-bond acceptors (Lipinski definition) is 5. The second-order valence-electron chi connectivity index (χ2n) is 8.42. The molecule has 2 aromatic rings. The molecule has 2 fully saturated rings. The monoisotopic (exact) mass is 381 g/mol. The molecule has 1 atom stereocenters. The number of aromatic nitrogens is 3. The van der Waals surface area contributed by atoms with E-state index in [4.69, 9.17) is 4.74 Å². The normalized spacial score (nSPS) is 23.6. The molecule has 1 N–H and O–H groups in total. The highest BCUT2D eigenvalue weighted by Crippen LogP contribution is 2.33. The summed E-state index contributed by atoms with van der Waals surface area (Å²) in [7, 11) is 0. The van der Waals surface area contributed by atoms with Crippen molar-refractivity contribution in [3.63, 3.8) is 0 Å². The van der Waals surface area contributed by atoms with E-state index < -0.39 is 0 Å². The van der Waals surface area contributed by atoms with Crippen LogP contribution in [-0.4, -0.2) is 45.4 Å². The molecule has 1 unspecified atom stereocenters. The SMILES string of the molecule is c1cc(OC2CCCC2)ccc1CN1CCCC1c1nnc2n1CCNCC2. The third-order valence-corrected chi connectivity index (χ3v) is 6.47. The van der Waals surface area contributed by atoms with Gasteiger partial charge in [-0.1, -0.05) is 12.1 Å². The van der Waals surface area contributed by atoms with Crippen molar-refractivity contribution < 1.29 is 4.74 Å². The van der Waals surface area contributed by atoms with Crippen LogP contribution >= 0.6 is 0 Å². The number of ether oxygens (including phenoxy) is 1. The van der Waals surface area contributed by atoms with Crippen molar-refractivity contribution in [1.29, 1.82) is 0 Å². The Kier molecular flexibility index (Phi) is 5.32. The molecule has 150 valence electrons. The lowest BCUT2D eigenvalue weighted by Crippen LogP contribution is -2.26. The van der Waals surface area contributed by atoms with Crippen LogP contribution in [0.5, 0.6) is 5.75 Å².